The number of ether oxygens (including phenoxy) is 1. The van der Waals surface area contributed by atoms with E-state index in [0.717, 1.165) is 0 Å². The van der Waals surface area contributed by atoms with Crippen molar-refractivity contribution in [2.24, 2.45) is 0 Å². The van der Waals surface area contributed by atoms with Crippen LogP contribution in [0.15, 0.2) is 18.5 Å². The van der Waals surface area contributed by atoms with Gasteiger partial charge in [0.15, 0.2) is 0 Å². The molecule has 2 rings (SSSR count). The van der Waals surface area contributed by atoms with E-state index < -0.39 is 0 Å². The normalized spacial score (nSPS) is 25.8. The first-order valence-electron chi connectivity index (χ1n) is 5.55. The number of rotatable bonds is 2. The maximum atomic E-state index is 12.0. The van der Waals surface area contributed by atoms with Gasteiger partial charge in [-0.3, -0.25) is 9.48 Å². The summed E-state index contributed by atoms with van der Waals surface area (Å²) in [6, 6.07) is 1.97. The van der Waals surface area contributed by atoms with Gasteiger partial charge in [0.1, 0.15) is 6.54 Å². The van der Waals surface area contributed by atoms with E-state index in [-0.39, 0.29) is 18.1 Å². The maximum Gasteiger partial charge on any atom is 0.244 e. The molecule has 0 aliphatic carbocycles. The van der Waals surface area contributed by atoms with Crippen LogP contribution in [-0.4, -0.2) is 45.9 Å². The number of amides is 1. The zero-order valence-electron chi connectivity index (χ0n) is 9.67. The molecule has 1 aromatic heterocycles. The molecule has 0 radical (unpaired) electrons. The molecule has 0 aromatic carbocycles. The molecule has 0 bridgehead atoms. The van der Waals surface area contributed by atoms with Gasteiger partial charge in [0, 0.05) is 18.9 Å². The van der Waals surface area contributed by atoms with Crippen LogP contribution in [0.5, 0.6) is 0 Å². The minimum absolute atomic E-state index is 0.103. The summed E-state index contributed by atoms with van der Waals surface area (Å²) in [5, 5.41) is 4.03. The highest BCUT2D eigenvalue weighted by Crippen LogP contribution is 2.11. The number of carbonyl (C=O) groups is 1. The number of hydrogen-bond acceptors (Lipinski definition) is 3. The summed E-state index contributed by atoms with van der Waals surface area (Å²) in [6.07, 6.45) is 3.60. The molecule has 0 saturated carbocycles. The van der Waals surface area contributed by atoms with Crippen LogP contribution in [0.3, 0.4) is 0 Å². The van der Waals surface area contributed by atoms with Crippen LogP contribution in [0.4, 0.5) is 0 Å². The standard InChI is InChI=1S/C11H17N3O2/c1-9-8-16-10(2)6-14(9)11(15)7-13-5-3-4-12-13/h3-5,9-10H,6-8H2,1-2H3/t9-,10-/m0/s1. The van der Waals surface area contributed by atoms with Crippen molar-refractivity contribution < 1.29 is 9.53 Å². The Morgan fingerprint density at radius 3 is 3.06 bits per heavy atom. The van der Waals surface area contributed by atoms with Gasteiger partial charge in [0.05, 0.1) is 18.8 Å². The van der Waals surface area contributed by atoms with Crippen molar-refractivity contribution in [2.45, 2.75) is 32.5 Å². The third-order valence-corrected chi connectivity index (χ3v) is 2.78. The molecular formula is C11H17N3O2. The fourth-order valence-electron chi connectivity index (χ4n) is 1.87. The van der Waals surface area contributed by atoms with E-state index >= 15 is 0 Å². The quantitative estimate of drug-likeness (QED) is 0.734. The number of hydrogen-bond donors (Lipinski definition) is 0. The maximum absolute atomic E-state index is 12.0. The molecule has 0 N–H and O–H groups in total. The second kappa shape index (κ2) is 4.65. The number of nitrogens with zero attached hydrogens (tertiary/aromatic N) is 3. The second-order valence-electron chi connectivity index (χ2n) is 4.24. The first kappa shape index (κ1) is 11.1. The molecule has 5 heteroatoms. The lowest BCUT2D eigenvalue weighted by Crippen LogP contribution is -2.51. The van der Waals surface area contributed by atoms with Crippen molar-refractivity contribution in [3.63, 3.8) is 0 Å². The first-order chi connectivity index (χ1) is 7.66. The van der Waals surface area contributed by atoms with Gasteiger partial charge in [0.2, 0.25) is 5.91 Å². The fraction of sp³-hybridized carbons (Fsp3) is 0.636. The van der Waals surface area contributed by atoms with Gasteiger partial charge in [-0.2, -0.15) is 5.10 Å². The van der Waals surface area contributed by atoms with Crippen LogP contribution in [0.1, 0.15) is 13.8 Å². The summed E-state index contributed by atoms with van der Waals surface area (Å²) in [5.74, 6) is 0.103. The Labute approximate surface area is 95.0 Å². The first-order valence-corrected chi connectivity index (χ1v) is 5.55. The Kier molecular flexibility index (Phi) is 3.24. The zero-order chi connectivity index (χ0) is 11.5. The lowest BCUT2D eigenvalue weighted by Gasteiger charge is -2.36. The Morgan fingerprint density at radius 1 is 1.56 bits per heavy atom. The predicted molar refractivity (Wildman–Crippen MR) is 58.8 cm³/mol. The molecule has 2 heterocycles. The summed E-state index contributed by atoms with van der Waals surface area (Å²) in [7, 11) is 0. The van der Waals surface area contributed by atoms with Gasteiger partial charge < -0.3 is 9.64 Å². The molecule has 2 atom stereocenters. The summed E-state index contributed by atoms with van der Waals surface area (Å²) >= 11 is 0. The SMILES string of the molecule is C[C@H]1CN(C(=O)Cn2cccn2)[C@@H](C)CO1. The highest BCUT2D eigenvalue weighted by atomic mass is 16.5. The molecule has 1 saturated heterocycles. The van der Waals surface area contributed by atoms with Crippen molar-refractivity contribution in [1.82, 2.24) is 14.7 Å². The molecule has 1 amide bonds. The van der Waals surface area contributed by atoms with Crippen molar-refractivity contribution in [1.29, 1.82) is 0 Å². The Bertz CT molecular complexity index is 350. The molecule has 5 nitrogen and oxygen atoms in total. The predicted octanol–water partition coefficient (Wildman–Crippen LogP) is 0.519. The van der Waals surface area contributed by atoms with Gasteiger partial charge >= 0.3 is 0 Å². The summed E-state index contributed by atoms with van der Waals surface area (Å²) in [6.45, 7) is 5.59. The Balaban J connectivity index is 1.97. The van der Waals surface area contributed by atoms with Gasteiger partial charge in [0.25, 0.3) is 0 Å². The molecule has 16 heavy (non-hydrogen) atoms. The van der Waals surface area contributed by atoms with Gasteiger partial charge in [-0.25, -0.2) is 0 Å². The molecule has 0 unspecified atom stereocenters. The van der Waals surface area contributed by atoms with Crippen LogP contribution in [0.25, 0.3) is 0 Å². The van der Waals surface area contributed by atoms with Crippen molar-refractivity contribution >= 4 is 5.91 Å². The van der Waals surface area contributed by atoms with Gasteiger partial charge in [-0.05, 0) is 19.9 Å². The number of carbonyl (C=O) groups excluding carboxylic acids is 1. The molecule has 1 aromatic rings. The molecular weight excluding hydrogens is 206 g/mol. The highest BCUT2D eigenvalue weighted by molar-refractivity contribution is 5.76. The summed E-state index contributed by atoms with van der Waals surface area (Å²) in [4.78, 5) is 13.9. The minimum atomic E-state index is 0.103. The number of morpholine rings is 1. The van der Waals surface area contributed by atoms with Crippen LogP contribution in [0.2, 0.25) is 0 Å². The zero-order valence-corrected chi connectivity index (χ0v) is 9.67. The minimum Gasteiger partial charge on any atom is -0.375 e. The molecule has 88 valence electrons. The molecule has 1 aliphatic rings. The Morgan fingerprint density at radius 2 is 2.38 bits per heavy atom. The van der Waals surface area contributed by atoms with Crippen molar-refractivity contribution in [3.8, 4) is 0 Å². The van der Waals surface area contributed by atoms with E-state index in [4.69, 9.17) is 4.74 Å². The topological polar surface area (TPSA) is 47.4 Å². The number of aromatic nitrogens is 2. The van der Waals surface area contributed by atoms with Gasteiger partial charge in [-0.15, -0.1) is 0 Å². The molecule has 0 spiro atoms. The Hall–Kier alpha value is -1.36. The third-order valence-electron chi connectivity index (χ3n) is 2.78. The summed E-state index contributed by atoms with van der Waals surface area (Å²) in [5.41, 5.74) is 0. The van der Waals surface area contributed by atoms with E-state index in [2.05, 4.69) is 5.10 Å². The van der Waals surface area contributed by atoms with E-state index in [0.29, 0.717) is 19.7 Å². The fourth-order valence-corrected chi connectivity index (χ4v) is 1.87. The monoisotopic (exact) mass is 223 g/mol. The van der Waals surface area contributed by atoms with Crippen molar-refractivity contribution in [2.75, 3.05) is 13.2 Å². The third kappa shape index (κ3) is 2.41. The second-order valence-corrected chi connectivity index (χ2v) is 4.24. The molecule has 1 aliphatic heterocycles. The highest BCUT2D eigenvalue weighted by Gasteiger charge is 2.27. The molecule has 1 fully saturated rings. The average molecular weight is 223 g/mol. The van der Waals surface area contributed by atoms with Crippen molar-refractivity contribution in [3.05, 3.63) is 18.5 Å². The van der Waals surface area contributed by atoms with E-state index in [1.54, 1.807) is 17.1 Å². The van der Waals surface area contributed by atoms with Gasteiger partial charge in [-0.1, -0.05) is 0 Å². The smallest absolute Gasteiger partial charge is 0.244 e. The van der Waals surface area contributed by atoms with E-state index in [9.17, 15) is 4.79 Å². The van der Waals surface area contributed by atoms with Crippen LogP contribution >= 0.6 is 0 Å². The summed E-state index contributed by atoms with van der Waals surface area (Å²) < 4.78 is 7.14. The average Bonchev–Trinajstić information content (AvgIpc) is 2.74. The largest absolute Gasteiger partial charge is 0.375 e. The lowest BCUT2D eigenvalue weighted by molar-refractivity contribution is -0.144. The van der Waals surface area contributed by atoms with Crippen LogP contribution in [-0.2, 0) is 16.1 Å². The van der Waals surface area contributed by atoms with E-state index in [1.165, 1.54) is 0 Å². The lowest BCUT2D eigenvalue weighted by atomic mass is 10.2. The van der Waals surface area contributed by atoms with Crippen LogP contribution in [0, 0.1) is 0 Å². The van der Waals surface area contributed by atoms with E-state index in [1.807, 2.05) is 24.8 Å². The van der Waals surface area contributed by atoms with Crippen LogP contribution < -0.4 is 0 Å².